The number of carbonyl (C=O) groups is 1. The molecule has 0 aromatic heterocycles. The van der Waals surface area contributed by atoms with Crippen molar-refractivity contribution in [1.82, 2.24) is 5.32 Å². The van der Waals surface area contributed by atoms with E-state index in [0.29, 0.717) is 19.8 Å². The molecule has 3 N–H and O–H groups in total. The normalized spacial score (nSPS) is 24.1. The molecule has 0 bridgehead atoms. The topological polar surface area (TPSA) is 64.4 Å². The van der Waals surface area contributed by atoms with E-state index in [-0.39, 0.29) is 11.9 Å². The molecule has 2 aliphatic heterocycles. The van der Waals surface area contributed by atoms with Crippen LogP contribution in [0.2, 0.25) is 0 Å². The van der Waals surface area contributed by atoms with Crippen molar-refractivity contribution >= 4 is 17.7 Å². The highest BCUT2D eigenvalue weighted by atomic mass is 32.2. The second kappa shape index (κ2) is 6.38. The molecule has 114 valence electrons. The Morgan fingerprint density at radius 1 is 1.38 bits per heavy atom. The van der Waals surface area contributed by atoms with Gasteiger partial charge in [-0.2, -0.15) is 0 Å². The van der Waals surface area contributed by atoms with Gasteiger partial charge < -0.3 is 15.8 Å². The molecule has 0 saturated carbocycles. The van der Waals surface area contributed by atoms with Crippen molar-refractivity contribution in [3.63, 3.8) is 0 Å². The number of carbonyl (C=O) groups excluding carboxylic acids is 1. The molecule has 1 atom stereocenters. The highest BCUT2D eigenvalue weighted by molar-refractivity contribution is 7.99. The van der Waals surface area contributed by atoms with E-state index < -0.39 is 5.41 Å². The number of thioether (sulfide) groups is 1. The summed E-state index contributed by atoms with van der Waals surface area (Å²) >= 11 is 1.86. The maximum atomic E-state index is 12.8. The Balaban J connectivity index is 1.76. The molecular weight excluding hydrogens is 284 g/mol. The number of amides is 1. The molecule has 0 spiro atoms. The van der Waals surface area contributed by atoms with E-state index >= 15 is 0 Å². The van der Waals surface area contributed by atoms with Gasteiger partial charge in [-0.25, -0.2) is 0 Å². The van der Waals surface area contributed by atoms with E-state index in [0.717, 1.165) is 25.0 Å². The van der Waals surface area contributed by atoms with Crippen LogP contribution in [0.3, 0.4) is 0 Å². The highest BCUT2D eigenvalue weighted by Crippen LogP contribution is 2.37. The average molecular weight is 306 g/mol. The predicted molar refractivity (Wildman–Crippen MR) is 84.2 cm³/mol. The third kappa shape index (κ3) is 2.96. The van der Waals surface area contributed by atoms with Crippen LogP contribution in [0.4, 0.5) is 0 Å². The SMILES string of the molecule is NCC1(C(=O)NC2CCSc3ccccc32)CCOCC1. The summed E-state index contributed by atoms with van der Waals surface area (Å²) in [6.07, 6.45) is 2.42. The van der Waals surface area contributed by atoms with Crippen molar-refractivity contribution in [2.45, 2.75) is 30.2 Å². The monoisotopic (exact) mass is 306 g/mol. The van der Waals surface area contributed by atoms with Crippen LogP contribution >= 0.6 is 11.8 Å². The quantitative estimate of drug-likeness (QED) is 0.897. The first-order valence-electron chi connectivity index (χ1n) is 7.56. The maximum Gasteiger partial charge on any atom is 0.228 e. The van der Waals surface area contributed by atoms with Gasteiger partial charge in [0.15, 0.2) is 0 Å². The Labute approximate surface area is 129 Å². The Morgan fingerprint density at radius 2 is 2.14 bits per heavy atom. The second-order valence-corrected chi connectivity index (χ2v) is 6.93. The molecule has 5 heteroatoms. The Kier molecular flexibility index (Phi) is 4.52. The molecule has 2 aliphatic rings. The fourth-order valence-corrected chi connectivity index (χ4v) is 4.21. The summed E-state index contributed by atoms with van der Waals surface area (Å²) < 4.78 is 5.38. The highest BCUT2D eigenvalue weighted by Gasteiger charge is 2.40. The number of benzene rings is 1. The fourth-order valence-electron chi connectivity index (χ4n) is 3.09. The van der Waals surface area contributed by atoms with Gasteiger partial charge in [0, 0.05) is 30.4 Å². The minimum absolute atomic E-state index is 0.0972. The lowest BCUT2D eigenvalue weighted by Gasteiger charge is -2.37. The summed E-state index contributed by atoms with van der Waals surface area (Å²) in [4.78, 5) is 14.1. The van der Waals surface area contributed by atoms with Gasteiger partial charge in [0.25, 0.3) is 0 Å². The van der Waals surface area contributed by atoms with Gasteiger partial charge in [-0.1, -0.05) is 18.2 Å². The van der Waals surface area contributed by atoms with Crippen LogP contribution in [0.25, 0.3) is 0 Å². The number of nitrogens with one attached hydrogen (secondary N) is 1. The third-order valence-corrected chi connectivity index (χ3v) is 5.71. The third-order valence-electron chi connectivity index (χ3n) is 4.59. The molecule has 1 unspecified atom stereocenters. The fraction of sp³-hybridized carbons (Fsp3) is 0.562. The summed E-state index contributed by atoms with van der Waals surface area (Å²) in [5.41, 5.74) is 6.71. The van der Waals surface area contributed by atoms with E-state index in [1.807, 2.05) is 17.8 Å². The lowest BCUT2D eigenvalue weighted by Crippen LogP contribution is -2.50. The molecule has 2 heterocycles. The maximum absolute atomic E-state index is 12.8. The van der Waals surface area contributed by atoms with Gasteiger partial charge in [0.1, 0.15) is 0 Å². The number of hydrogen-bond acceptors (Lipinski definition) is 4. The van der Waals surface area contributed by atoms with Crippen LogP contribution in [-0.4, -0.2) is 31.4 Å². The van der Waals surface area contributed by atoms with E-state index in [1.165, 1.54) is 10.5 Å². The van der Waals surface area contributed by atoms with Gasteiger partial charge >= 0.3 is 0 Å². The van der Waals surface area contributed by atoms with E-state index in [2.05, 4.69) is 23.5 Å². The van der Waals surface area contributed by atoms with Crippen LogP contribution in [-0.2, 0) is 9.53 Å². The van der Waals surface area contributed by atoms with Crippen molar-refractivity contribution in [3.05, 3.63) is 29.8 Å². The number of nitrogens with two attached hydrogens (primary N) is 1. The first-order valence-corrected chi connectivity index (χ1v) is 8.54. The molecule has 1 aromatic rings. The molecule has 1 fully saturated rings. The van der Waals surface area contributed by atoms with Crippen molar-refractivity contribution in [1.29, 1.82) is 0 Å². The molecule has 0 radical (unpaired) electrons. The lowest BCUT2D eigenvalue weighted by atomic mass is 9.79. The van der Waals surface area contributed by atoms with Crippen molar-refractivity contribution < 1.29 is 9.53 Å². The zero-order chi connectivity index (χ0) is 14.7. The van der Waals surface area contributed by atoms with Crippen LogP contribution in [0.5, 0.6) is 0 Å². The molecule has 0 aliphatic carbocycles. The number of ether oxygens (including phenoxy) is 1. The largest absolute Gasteiger partial charge is 0.381 e. The number of fused-ring (bicyclic) bond motifs is 1. The van der Waals surface area contributed by atoms with Crippen LogP contribution in [0.15, 0.2) is 29.2 Å². The Hall–Kier alpha value is -1.04. The van der Waals surface area contributed by atoms with Crippen LogP contribution in [0, 0.1) is 5.41 Å². The molecule has 1 amide bonds. The first-order chi connectivity index (χ1) is 10.2. The molecule has 21 heavy (non-hydrogen) atoms. The first kappa shape index (κ1) is 14.9. The molecule has 4 nitrogen and oxygen atoms in total. The van der Waals surface area contributed by atoms with Crippen LogP contribution in [0.1, 0.15) is 30.9 Å². The number of hydrogen-bond donors (Lipinski definition) is 2. The van der Waals surface area contributed by atoms with E-state index in [1.54, 1.807) is 0 Å². The van der Waals surface area contributed by atoms with Crippen LogP contribution < -0.4 is 11.1 Å². The van der Waals surface area contributed by atoms with Gasteiger partial charge in [0.2, 0.25) is 5.91 Å². The standard InChI is InChI=1S/C16H22N2O2S/c17-11-16(6-8-20-9-7-16)15(19)18-13-5-10-21-14-4-2-1-3-12(13)14/h1-4,13H,5-11,17H2,(H,18,19). The van der Waals surface area contributed by atoms with Crippen molar-refractivity contribution in [2.24, 2.45) is 11.1 Å². The van der Waals surface area contributed by atoms with E-state index in [4.69, 9.17) is 10.5 Å². The molecular formula is C16H22N2O2S. The molecule has 3 rings (SSSR count). The lowest BCUT2D eigenvalue weighted by molar-refractivity contribution is -0.136. The Morgan fingerprint density at radius 3 is 2.90 bits per heavy atom. The Bertz CT molecular complexity index is 515. The van der Waals surface area contributed by atoms with Gasteiger partial charge in [-0.3, -0.25) is 4.79 Å². The number of rotatable bonds is 3. The summed E-state index contributed by atoms with van der Waals surface area (Å²) in [7, 11) is 0. The zero-order valence-electron chi connectivity index (χ0n) is 12.1. The average Bonchev–Trinajstić information content (AvgIpc) is 2.56. The summed E-state index contributed by atoms with van der Waals surface area (Å²) in [5.74, 6) is 1.14. The van der Waals surface area contributed by atoms with Gasteiger partial charge in [-0.05, 0) is 30.9 Å². The minimum Gasteiger partial charge on any atom is -0.381 e. The molecule has 1 saturated heterocycles. The van der Waals surface area contributed by atoms with Gasteiger partial charge in [-0.15, -0.1) is 11.8 Å². The summed E-state index contributed by atoms with van der Waals surface area (Å²) in [6, 6.07) is 8.45. The minimum atomic E-state index is -0.447. The van der Waals surface area contributed by atoms with Crippen molar-refractivity contribution in [2.75, 3.05) is 25.5 Å². The second-order valence-electron chi connectivity index (χ2n) is 5.80. The van der Waals surface area contributed by atoms with E-state index in [9.17, 15) is 4.79 Å². The summed E-state index contributed by atoms with van der Waals surface area (Å²) in [5, 5.41) is 3.25. The van der Waals surface area contributed by atoms with Crippen molar-refractivity contribution in [3.8, 4) is 0 Å². The predicted octanol–water partition coefficient (Wildman–Crippen LogP) is 2.10. The molecule has 1 aromatic carbocycles. The zero-order valence-corrected chi connectivity index (χ0v) is 13.0. The smallest absolute Gasteiger partial charge is 0.228 e. The van der Waals surface area contributed by atoms with Gasteiger partial charge in [0.05, 0.1) is 11.5 Å². The summed E-state index contributed by atoms with van der Waals surface area (Å²) in [6.45, 7) is 1.65.